The molecule has 0 saturated carbocycles. The van der Waals surface area contributed by atoms with Crippen LogP contribution in [0.5, 0.6) is 0 Å². The van der Waals surface area contributed by atoms with Crippen molar-refractivity contribution in [3.63, 3.8) is 0 Å². The molecule has 0 radical (unpaired) electrons. The second-order valence-corrected chi connectivity index (χ2v) is 5.72. The summed E-state index contributed by atoms with van der Waals surface area (Å²) in [5.74, 6) is 0.683. The van der Waals surface area contributed by atoms with Crippen LogP contribution in [0.2, 0.25) is 0 Å². The van der Waals surface area contributed by atoms with E-state index in [1.54, 1.807) is 6.07 Å². The van der Waals surface area contributed by atoms with Crippen molar-refractivity contribution in [1.82, 2.24) is 15.5 Å². The second-order valence-electron chi connectivity index (χ2n) is 3.95. The van der Waals surface area contributed by atoms with Gasteiger partial charge in [-0.2, -0.15) is 0 Å². The van der Waals surface area contributed by atoms with Crippen molar-refractivity contribution in [3.8, 4) is 0 Å². The lowest BCUT2D eigenvalue weighted by molar-refractivity contribution is -0.120. The topological polar surface area (TPSA) is 70.9 Å². The lowest BCUT2D eigenvalue weighted by Crippen LogP contribution is -2.24. The first kappa shape index (κ1) is 13.0. The van der Waals surface area contributed by atoms with Crippen LogP contribution in [0.1, 0.15) is 22.0 Å². The van der Waals surface area contributed by atoms with Crippen LogP contribution >= 0.6 is 23.6 Å². The Kier molecular flexibility index (Phi) is 3.93. The third-order valence-corrected chi connectivity index (χ3v) is 3.72. The minimum Gasteiger partial charge on any atom is -0.361 e. The van der Waals surface area contributed by atoms with Gasteiger partial charge in [0.2, 0.25) is 5.91 Å². The molecule has 0 aliphatic heterocycles. The van der Waals surface area contributed by atoms with Crippen LogP contribution in [-0.4, -0.2) is 16.0 Å². The first-order valence-corrected chi connectivity index (χ1v) is 6.64. The van der Waals surface area contributed by atoms with Crippen molar-refractivity contribution in [2.24, 2.45) is 0 Å². The number of thiazole rings is 1. The monoisotopic (exact) mass is 283 g/mol. The van der Waals surface area contributed by atoms with E-state index in [1.165, 1.54) is 11.3 Å². The predicted molar refractivity (Wildman–Crippen MR) is 71.0 cm³/mol. The number of hydrogen-bond acceptors (Lipinski definition) is 5. The van der Waals surface area contributed by atoms with E-state index in [4.69, 9.17) is 16.7 Å². The van der Waals surface area contributed by atoms with E-state index in [1.807, 2.05) is 13.8 Å². The molecule has 7 heteroatoms. The Hall–Kier alpha value is -1.47. The molecule has 18 heavy (non-hydrogen) atoms. The number of aromatic amines is 1. The maximum atomic E-state index is 11.7. The fourth-order valence-corrected chi connectivity index (χ4v) is 2.79. The average Bonchev–Trinajstić information content (AvgIpc) is 2.83. The lowest BCUT2D eigenvalue weighted by Gasteiger charge is -2.01. The molecule has 0 bridgehead atoms. The van der Waals surface area contributed by atoms with Crippen molar-refractivity contribution in [3.05, 3.63) is 32.0 Å². The van der Waals surface area contributed by atoms with Crippen LogP contribution in [0, 0.1) is 17.8 Å². The maximum Gasteiger partial charge on any atom is 0.225 e. The quantitative estimate of drug-likeness (QED) is 0.844. The van der Waals surface area contributed by atoms with E-state index >= 15 is 0 Å². The summed E-state index contributed by atoms with van der Waals surface area (Å²) in [6.45, 7) is 4.11. The van der Waals surface area contributed by atoms with Crippen LogP contribution in [0.25, 0.3) is 0 Å². The molecule has 0 fully saturated rings. The molecular weight excluding hydrogens is 270 g/mol. The van der Waals surface area contributed by atoms with Crippen molar-refractivity contribution in [2.45, 2.75) is 26.8 Å². The van der Waals surface area contributed by atoms with Gasteiger partial charge in [-0.3, -0.25) is 4.79 Å². The van der Waals surface area contributed by atoms with Crippen LogP contribution < -0.4 is 5.32 Å². The zero-order valence-corrected chi connectivity index (χ0v) is 11.7. The molecular formula is C11H13N3O2S2. The summed E-state index contributed by atoms with van der Waals surface area (Å²) in [5, 5.41) is 6.60. The second kappa shape index (κ2) is 5.45. The van der Waals surface area contributed by atoms with E-state index in [9.17, 15) is 4.79 Å². The van der Waals surface area contributed by atoms with E-state index < -0.39 is 0 Å². The molecule has 96 valence electrons. The zero-order valence-electron chi connectivity index (χ0n) is 10.1. The van der Waals surface area contributed by atoms with E-state index in [0.29, 0.717) is 16.9 Å². The number of nitrogens with zero attached hydrogens (tertiary/aromatic N) is 1. The molecule has 2 rings (SSSR count). The van der Waals surface area contributed by atoms with Crippen LogP contribution in [0.4, 0.5) is 0 Å². The van der Waals surface area contributed by atoms with Crippen molar-refractivity contribution in [2.75, 3.05) is 0 Å². The minimum absolute atomic E-state index is 0.0518. The van der Waals surface area contributed by atoms with Gasteiger partial charge in [0.15, 0.2) is 3.95 Å². The number of nitrogens with one attached hydrogen (secondary N) is 2. The molecule has 5 nitrogen and oxygen atoms in total. The first-order chi connectivity index (χ1) is 8.54. The zero-order chi connectivity index (χ0) is 13.1. The van der Waals surface area contributed by atoms with Crippen molar-refractivity contribution >= 4 is 29.5 Å². The summed E-state index contributed by atoms with van der Waals surface area (Å²) in [6.07, 6.45) is 0.334. The molecule has 2 aromatic heterocycles. The molecule has 2 N–H and O–H groups in total. The van der Waals surface area contributed by atoms with Gasteiger partial charge in [-0.25, -0.2) is 0 Å². The summed E-state index contributed by atoms with van der Waals surface area (Å²) in [6, 6.07) is 1.80. The van der Waals surface area contributed by atoms with Gasteiger partial charge in [0.25, 0.3) is 0 Å². The first-order valence-electron chi connectivity index (χ1n) is 5.42. The molecule has 0 spiro atoms. The summed E-state index contributed by atoms with van der Waals surface area (Å²) in [5.41, 5.74) is 1.68. The molecule has 0 aromatic carbocycles. The Bertz CT molecular complexity index is 612. The van der Waals surface area contributed by atoms with Crippen molar-refractivity contribution < 1.29 is 9.32 Å². The Morgan fingerprint density at radius 3 is 2.94 bits per heavy atom. The van der Waals surface area contributed by atoms with Crippen molar-refractivity contribution in [1.29, 1.82) is 0 Å². The molecule has 0 unspecified atom stereocenters. The lowest BCUT2D eigenvalue weighted by atomic mass is 10.3. The fraction of sp³-hybridized carbons (Fsp3) is 0.364. The van der Waals surface area contributed by atoms with E-state index in [-0.39, 0.29) is 5.91 Å². The summed E-state index contributed by atoms with van der Waals surface area (Å²) in [7, 11) is 0. The minimum atomic E-state index is -0.0518. The fourth-order valence-electron chi connectivity index (χ4n) is 1.50. The predicted octanol–water partition coefficient (Wildman–Crippen LogP) is 2.27. The Morgan fingerprint density at radius 1 is 1.61 bits per heavy atom. The standard InChI is InChI=1S/C11H13N3O2S2/c1-6-3-8(14-16-6)5-12-10(15)4-9-7(2)13-11(17)18-9/h3H,4-5H2,1-2H3,(H,12,15)(H,13,17). The number of amides is 1. The molecule has 2 heterocycles. The third kappa shape index (κ3) is 3.27. The van der Waals surface area contributed by atoms with Gasteiger partial charge >= 0.3 is 0 Å². The van der Waals surface area contributed by atoms with Gasteiger partial charge in [0.1, 0.15) is 11.5 Å². The van der Waals surface area contributed by atoms with Crippen LogP contribution in [0.15, 0.2) is 10.6 Å². The molecule has 1 amide bonds. The summed E-state index contributed by atoms with van der Waals surface area (Å²) in [4.78, 5) is 15.7. The number of aromatic nitrogens is 2. The van der Waals surface area contributed by atoms with E-state index in [0.717, 1.165) is 22.0 Å². The SMILES string of the molecule is Cc1cc(CNC(=O)Cc2sc(=S)[nH]c2C)no1. The van der Waals surface area contributed by atoms with Gasteiger partial charge in [-0.1, -0.05) is 5.16 Å². The molecule has 2 aromatic rings. The maximum absolute atomic E-state index is 11.7. The Labute approximate surface area is 113 Å². The molecule has 0 aliphatic rings. The Morgan fingerprint density at radius 2 is 2.39 bits per heavy atom. The van der Waals surface area contributed by atoms with Gasteiger partial charge < -0.3 is 14.8 Å². The van der Waals surface area contributed by atoms with Gasteiger partial charge in [-0.05, 0) is 26.1 Å². The normalized spacial score (nSPS) is 10.6. The molecule has 0 aliphatic carbocycles. The number of carbonyl (C=O) groups is 1. The number of rotatable bonds is 4. The van der Waals surface area contributed by atoms with E-state index in [2.05, 4.69) is 15.5 Å². The smallest absolute Gasteiger partial charge is 0.225 e. The van der Waals surface area contributed by atoms with Gasteiger partial charge in [0, 0.05) is 16.6 Å². The number of aryl methyl sites for hydroxylation is 2. The summed E-state index contributed by atoms with van der Waals surface area (Å²) >= 11 is 6.46. The number of carbonyl (C=O) groups excluding carboxylic acids is 1. The molecule has 0 saturated heterocycles. The summed E-state index contributed by atoms with van der Waals surface area (Å²) < 4.78 is 5.62. The van der Waals surface area contributed by atoms with Crippen LogP contribution in [-0.2, 0) is 17.8 Å². The highest BCUT2D eigenvalue weighted by Gasteiger charge is 2.09. The number of H-pyrrole nitrogens is 1. The van der Waals surface area contributed by atoms with Crippen LogP contribution in [0.3, 0.4) is 0 Å². The molecule has 0 atom stereocenters. The highest BCUT2D eigenvalue weighted by molar-refractivity contribution is 7.73. The van der Waals surface area contributed by atoms with Gasteiger partial charge in [-0.15, -0.1) is 11.3 Å². The highest BCUT2D eigenvalue weighted by Crippen LogP contribution is 2.15. The largest absolute Gasteiger partial charge is 0.361 e. The van der Waals surface area contributed by atoms with Gasteiger partial charge in [0.05, 0.1) is 13.0 Å². The highest BCUT2D eigenvalue weighted by atomic mass is 32.1. The average molecular weight is 283 g/mol. The third-order valence-electron chi connectivity index (χ3n) is 2.39. The number of hydrogen-bond donors (Lipinski definition) is 2. The Balaban J connectivity index is 1.89.